The molecule has 0 fully saturated rings. The number of carbonyl (C=O) groups is 1. The Morgan fingerprint density at radius 1 is 1.15 bits per heavy atom. The summed E-state index contributed by atoms with van der Waals surface area (Å²) in [5, 5.41) is 9.34. The Balaban J connectivity index is 2.37. The van der Waals surface area contributed by atoms with Gasteiger partial charge in [0.15, 0.2) is 0 Å². The van der Waals surface area contributed by atoms with E-state index >= 15 is 0 Å². The van der Waals surface area contributed by atoms with E-state index in [1.165, 1.54) is 6.08 Å². The number of amides is 1. The average molecular weight is 262 g/mol. The van der Waals surface area contributed by atoms with E-state index in [1.807, 2.05) is 42.5 Å². The Morgan fingerprint density at radius 2 is 1.90 bits per heavy atom. The molecular weight excluding hydrogens is 248 g/mol. The van der Waals surface area contributed by atoms with Gasteiger partial charge in [0.1, 0.15) is 6.07 Å². The van der Waals surface area contributed by atoms with Gasteiger partial charge in [0, 0.05) is 6.08 Å². The van der Waals surface area contributed by atoms with Gasteiger partial charge in [-0.25, -0.2) is 0 Å². The second kappa shape index (κ2) is 6.35. The lowest BCUT2D eigenvalue weighted by Crippen LogP contribution is -2.05. The number of hydrogen-bond acceptors (Lipinski definition) is 2. The Kier molecular flexibility index (Phi) is 4.31. The third-order valence-electron chi connectivity index (χ3n) is 2.96. The largest absolute Gasteiger partial charge is 0.366 e. The summed E-state index contributed by atoms with van der Waals surface area (Å²) in [6, 6.07) is 17.7. The molecule has 0 aliphatic heterocycles. The molecule has 3 nitrogen and oxygen atoms in total. The highest BCUT2D eigenvalue weighted by Gasteiger charge is 2.06. The maximum absolute atomic E-state index is 10.8. The summed E-state index contributed by atoms with van der Waals surface area (Å²) in [5.41, 5.74) is 8.44. The van der Waals surface area contributed by atoms with E-state index in [1.54, 1.807) is 12.1 Å². The molecule has 2 aromatic rings. The molecule has 0 heterocycles. The van der Waals surface area contributed by atoms with Gasteiger partial charge in [-0.3, -0.25) is 4.79 Å². The molecule has 0 atom stereocenters. The van der Waals surface area contributed by atoms with E-state index in [-0.39, 0.29) is 0 Å². The lowest BCUT2D eigenvalue weighted by molar-refractivity contribution is -0.113. The van der Waals surface area contributed by atoms with Gasteiger partial charge in [-0.05, 0) is 29.2 Å². The topological polar surface area (TPSA) is 66.9 Å². The van der Waals surface area contributed by atoms with Crippen molar-refractivity contribution in [3.8, 4) is 6.07 Å². The van der Waals surface area contributed by atoms with Crippen LogP contribution >= 0.6 is 0 Å². The molecule has 0 radical (unpaired) electrons. The highest BCUT2D eigenvalue weighted by Crippen LogP contribution is 2.19. The monoisotopic (exact) mass is 262 g/mol. The lowest BCUT2D eigenvalue weighted by atomic mass is 9.96. The van der Waals surface area contributed by atoms with Crippen molar-refractivity contribution < 1.29 is 4.79 Å². The van der Waals surface area contributed by atoms with E-state index in [9.17, 15) is 10.1 Å². The van der Waals surface area contributed by atoms with Gasteiger partial charge in [-0.1, -0.05) is 48.5 Å². The fraction of sp³-hybridized carbons (Fsp3) is 0.0588. The third kappa shape index (κ3) is 3.33. The second-order valence-corrected chi connectivity index (χ2v) is 4.39. The van der Waals surface area contributed by atoms with Gasteiger partial charge >= 0.3 is 0 Å². The van der Waals surface area contributed by atoms with Crippen LogP contribution in [0, 0.1) is 11.3 Å². The van der Waals surface area contributed by atoms with Crippen LogP contribution in [0.3, 0.4) is 0 Å². The van der Waals surface area contributed by atoms with Crippen LogP contribution in [0.15, 0.2) is 54.6 Å². The number of rotatable bonds is 4. The van der Waals surface area contributed by atoms with Crippen molar-refractivity contribution in [2.45, 2.75) is 6.42 Å². The lowest BCUT2D eigenvalue weighted by Gasteiger charge is -2.07. The average Bonchev–Trinajstić information content (AvgIpc) is 2.46. The van der Waals surface area contributed by atoms with Gasteiger partial charge in [-0.2, -0.15) is 5.26 Å². The van der Waals surface area contributed by atoms with Gasteiger partial charge in [-0.15, -0.1) is 0 Å². The van der Waals surface area contributed by atoms with Crippen molar-refractivity contribution in [2.24, 2.45) is 5.73 Å². The standard InChI is InChI=1S/C17H14N2O/c18-12-16-14(9-10-17(19)20)7-4-8-15(16)11-13-5-2-1-3-6-13/h1-10H,11H2,(H2,19,20). The predicted octanol–water partition coefficient (Wildman–Crippen LogP) is 2.65. The normalized spacial score (nSPS) is 10.3. The highest BCUT2D eigenvalue weighted by molar-refractivity contribution is 5.90. The number of primary amides is 1. The van der Waals surface area contributed by atoms with Crippen molar-refractivity contribution in [1.82, 2.24) is 0 Å². The molecule has 0 bridgehead atoms. The molecule has 20 heavy (non-hydrogen) atoms. The molecule has 1 amide bonds. The van der Waals surface area contributed by atoms with Crippen molar-refractivity contribution in [1.29, 1.82) is 5.26 Å². The first-order valence-corrected chi connectivity index (χ1v) is 6.24. The summed E-state index contributed by atoms with van der Waals surface area (Å²) in [5.74, 6) is -0.526. The maximum Gasteiger partial charge on any atom is 0.241 e. The van der Waals surface area contributed by atoms with E-state index < -0.39 is 5.91 Å². The third-order valence-corrected chi connectivity index (χ3v) is 2.96. The quantitative estimate of drug-likeness (QED) is 0.861. The number of nitrogens with zero attached hydrogens (tertiary/aromatic N) is 1. The molecule has 0 unspecified atom stereocenters. The van der Waals surface area contributed by atoms with Crippen LogP contribution < -0.4 is 5.73 Å². The molecule has 0 saturated carbocycles. The van der Waals surface area contributed by atoms with E-state index in [2.05, 4.69) is 6.07 Å². The van der Waals surface area contributed by atoms with Crippen molar-refractivity contribution in [2.75, 3.05) is 0 Å². The summed E-state index contributed by atoms with van der Waals surface area (Å²) < 4.78 is 0. The first kappa shape index (κ1) is 13.6. The number of nitrogens with two attached hydrogens (primary N) is 1. The van der Waals surface area contributed by atoms with Crippen molar-refractivity contribution in [3.05, 3.63) is 76.9 Å². The first-order valence-electron chi connectivity index (χ1n) is 6.24. The summed E-state index contributed by atoms with van der Waals surface area (Å²) in [4.78, 5) is 10.8. The first-order chi connectivity index (χ1) is 9.70. The molecule has 98 valence electrons. The molecular formula is C17H14N2O. The second-order valence-electron chi connectivity index (χ2n) is 4.39. The molecule has 0 aliphatic rings. The predicted molar refractivity (Wildman–Crippen MR) is 78.6 cm³/mol. The molecule has 0 saturated heterocycles. The Morgan fingerprint density at radius 3 is 2.55 bits per heavy atom. The van der Waals surface area contributed by atoms with Gasteiger partial charge in [0.05, 0.1) is 5.56 Å². The fourth-order valence-corrected chi connectivity index (χ4v) is 2.03. The molecule has 2 aromatic carbocycles. The summed E-state index contributed by atoms with van der Waals surface area (Å²) in [7, 11) is 0. The zero-order valence-corrected chi connectivity index (χ0v) is 10.9. The zero-order valence-electron chi connectivity index (χ0n) is 10.9. The highest BCUT2D eigenvalue weighted by atomic mass is 16.1. The molecule has 2 N–H and O–H groups in total. The number of nitriles is 1. The molecule has 3 heteroatoms. The maximum atomic E-state index is 10.8. The van der Waals surface area contributed by atoms with Crippen LogP contribution in [0.2, 0.25) is 0 Å². The van der Waals surface area contributed by atoms with Crippen LogP contribution in [0.5, 0.6) is 0 Å². The Hall–Kier alpha value is -2.86. The van der Waals surface area contributed by atoms with Crippen molar-refractivity contribution >= 4 is 12.0 Å². The Bertz CT molecular complexity index is 682. The smallest absolute Gasteiger partial charge is 0.241 e. The molecule has 0 aromatic heterocycles. The van der Waals surface area contributed by atoms with Crippen LogP contribution in [-0.2, 0) is 11.2 Å². The van der Waals surface area contributed by atoms with Gasteiger partial charge in [0.25, 0.3) is 0 Å². The van der Waals surface area contributed by atoms with Gasteiger partial charge in [0.2, 0.25) is 5.91 Å². The Labute approximate surface area is 118 Å². The van der Waals surface area contributed by atoms with E-state index in [4.69, 9.17) is 5.73 Å². The number of carbonyl (C=O) groups excluding carboxylic acids is 1. The number of hydrogen-bond donors (Lipinski definition) is 1. The van der Waals surface area contributed by atoms with E-state index in [0.29, 0.717) is 17.5 Å². The van der Waals surface area contributed by atoms with E-state index in [0.717, 1.165) is 11.1 Å². The van der Waals surface area contributed by atoms with Crippen LogP contribution in [0.1, 0.15) is 22.3 Å². The molecule has 0 aliphatic carbocycles. The fourth-order valence-electron chi connectivity index (χ4n) is 2.03. The van der Waals surface area contributed by atoms with Crippen LogP contribution in [0.4, 0.5) is 0 Å². The van der Waals surface area contributed by atoms with Gasteiger partial charge < -0.3 is 5.73 Å². The summed E-state index contributed by atoms with van der Waals surface area (Å²) in [6.07, 6.45) is 3.53. The zero-order chi connectivity index (χ0) is 14.4. The number of benzene rings is 2. The van der Waals surface area contributed by atoms with Crippen LogP contribution in [-0.4, -0.2) is 5.91 Å². The van der Waals surface area contributed by atoms with Crippen molar-refractivity contribution in [3.63, 3.8) is 0 Å². The molecule has 0 spiro atoms. The molecule has 2 rings (SSSR count). The minimum absolute atomic E-state index is 0.526. The minimum atomic E-state index is -0.526. The summed E-state index contributed by atoms with van der Waals surface area (Å²) >= 11 is 0. The van der Waals surface area contributed by atoms with Crippen LogP contribution in [0.25, 0.3) is 6.08 Å². The SMILES string of the molecule is N#Cc1c(C=CC(N)=O)cccc1Cc1ccccc1. The minimum Gasteiger partial charge on any atom is -0.366 e. The summed E-state index contributed by atoms with van der Waals surface area (Å²) in [6.45, 7) is 0.